The van der Waals surface area contributed by atoms with Crippen LogP contribution in [0.1, 0.15) is 23.6 Å². The molecule has 3 rings (SSSR count). The molecule has 21 heavy (non-hydrogen) atoms. The monoisotopic (exact) mass is 344 g/mol. The quantitative estimate of drug-likeness (QED) is 0.910. The molecule has 0 bridgehead atoms. The Labute approximate surface area is 135 Å². The second kappa shape index (κ2) is 7.21. The molecule has 2 aromatic carbocycles. The fraction of sp³-hybridized carbons (Fsp3) is 0.333. The number of halogens is 1. The van der Waals surface area contributed by atoms with E-state index in [1.54, 1.807) is 0 Å². The molecule has 0 saturated carbocycles. The van der Waals surface area contributed by atoms with Crippen LogP contribution in [0.15, 0.2) is 59.1 Å². The van der Waals surface area contributed by atoms with E-state index in [1.165, 1.54) is 17.5 Å². The molecule has 0 radical (unpaired) electrons. The van der Waals surface area contributed by atoms with Gasteiger partial charge in [0.15, 0.2) is 0 Å². The summed E-state index contributed by atoms with van der Waals surface area (Å²) in [6.07, 6.45) is 1.21. The summed E-state index contributed by atoms with van der Waals surface area (Å²) in [6.45, 7) is 4.43. The van der Waals surface area contributed by atoms with Gasteiger partial charge in [-0.05, 0) is 36.2 Å². The molecule has 0 amide bonds. The summed E-state index contributed by atoms with van der Waals surface area (Å²) < 4.78 is 1.13. The smallest absolute Gasteiger partial charge is 0.0602 e. The van der Waals surface area contributed by atoms with Crippen molar-refractivity contribution in [2.24, 2.45) is 0 Å². The summed E-state index contributed by atoms with van der Waals surface area (Å²) in [4.78, 5) is 2.60. The zero-order valence-electron chi connectivity index (χ0n) is 12.1. The molecule has 1 N–H and O–H groups in total. The lowest BCUT2D eigenvalue weighted by molar-refractivity contribution is 0.241. The Morgan fingerprint density at radius 3 is 2.33 bits per heavy atom. The van der Waals surface area contributed by atoms with Gasteiger partial charge in [-0.3, -0.25) is 4.90 Å². The molecule has 0 spiro atoms. The first-order valence-electron chi connectivity index (χ1n) is 7.60. The van der Waals surface area contributed by atoms with Gasteiger partial charge in [-0.1, -0.05) is 58.4 Å². The number of benzene rings is 2. The number of nitrogens with zero attached hydrogens (tertiary/aromatic N) is 1. The average molecular weight is 345 g/mol. The molecule has 1 fully saturated rings. The standard InChI is InChI=1S/C18H21BrN2/c19-17-9-7-16(8-10-17)18(15-5-2-1-3-6-15)21-13-4-11-20-12-14-21/h1-3,5-10,18,20H,4,11-14H2. The van der Waals surface area contributed by atoms with Gasteiger partial charge in [-0.25, -0.2) is 0 Å². The molecule has 1 aliphatic heterocycles. The Morgan fingerprint density at radius 1 is 0.857 bits per heavy atom. The molecular formula is C18H21BrN2. The van der Waals surface area contributed by atoms with Crippen molar-refractivity contribution in [3.63, 3.8) is 0 Å². The summed E-state index contributed by atoms with van der Waals surface area (Å²) in [5.74, 6) is 0. The maximum Gasteiger partial charge on any atom is 0.0602 e. The van der Waals surface area contributed by atoms with Crippen molar-refractivity contribution < 1.29 is 0 Å². The van der Waals surface area contributed by atoms with Gasteiger partial charge in [0.05, 0.1) is 6.04 Å². The molecule has 0 aromatic heterocycles. The Morgan fingerprint density at radius 2 is 1.57 bits per heavy atom. The van der Waals surface area contributed by atoms with Crippen molar-refractivity contribution in [1.82, 2.24) is 10.2 Å². The molecule has 0 aliphatic carbocycles. The number of hydrogen-bond donors (Lipinski definition) is 1. The van der Waals surface area contributed by atoms with Gasteiger partial charge in [0.25, 0.3) is 0 Å². The third-order valence-corrected chi connectivity index (χ3v) is 4.57. The molecule has 1 atom stereocenters. The Hall–Kier alpha value is -1.16. The van der Waals surface area contributed by atoms with Crippen LogP contribution < -0.4 is 5.32 Å². The van der Waals surface area contributed by atoms with Gasteiger partial charge >= 0.3 is 0 Å². The van der Waals surface area contributed by atoms with Crippen molar-refractivity contribution in [1.29, 1.82) is 0 Å². The van der Waals surface area contributed by atoms with Crippen LogP contribution in [0.5, 0.6) is 0 Å². The minimum absolute atomic E-state index is 0.346. The van der Waals surface area contributed by atoms with Crippen LogP contribution in [-0.2, 0) is 0 Å². The van der Waals surface area contributed by atoms with E-state index in [0.29, 0.717) is 6.04 Å². The van der Waals surface area contributed by atoms with E-state index < -0.39 is 0 Å². The SMILES string of the molecule is Brc1ccc(C(c2ccccc2)N2CCCNCC2)cc1. The Balaban J connectivity index is 1.95. The third kappa shape index (κ3) is 3.73. The van der Waals surface area contributed by atoms with E-state index in [-0.39, 0.29) is 0 Å². The van der Waals surface area contributed by atoms with Gasteiger partial charge in [-0.2, -0.15) is 0 Å². The van der Waals surface area contributed by atoms with E-state index in [9.17, 15) is 0 Å². The van der Waals surface area contributed by atoms with Crippen molar-refractivity contribution in [2.45, 2.75) is 12.5 Å². The van der Waals surface area contributed by atoms with Gasteiger partial charge in [0, 0.05) is 24.1 Å². The first-order valence-corrected chi connectivity index (χ1v) is 8.39. The average Bonchev–Trinajstić information content (AvgIpc) is 2.80. The predicted molar refractivity (Wildman–Crippen MR) is 91.5 cm³/mol. The van der Waals surface area contributed by atoms with E-state index >= 15 is 0 Å². The second-order valence-corrected chi connectivity index (χ2v) is 6.42. The van der Waals surface area contributed by atoms with Crippen molar-refractivity contribution in [3.05, 3.63) is 70.2 Å². The topological polar surface area (TPSA) is 15.3 Å². The number of hydrogen-bond acceptors (Lipinski definition) is 2. The van der Waals surface area contributed by atoms with Crippen LogP contribution in [-0.4, -0.2) is 31.1 Å². The second-order valence-electron chi connectivity index (χ2n) is 5.50. The van der Waals surface area contributed by atoms with Gasteiger partial charge in [-0.15, -0.1) is 0 Å². The molecule has 1 unspecified atom stereocenters. The van der Waals surface area contributed by atoms with Gasteiger partial charge in [0.2, 0.25) is 0 Å². The van der Waals surface area contributed by atoms with E-state index in [2.05, 4.69) is 80.7 Å². The summed E-state index contributed by atoms with van der Waals surface area (Å²) in [5.41, 5.74) is 2.74. The van der Waals surface area contributed by atoms with Gasteiger partial charge in [0.1, 0.15) is 0 Å². The summed E-state index contributed by atoms with van der Waals surface area (Å²) >= 11 is 3.54. The molecule has 1 aliphatic rings. The fourth-order valence-corrected chi connectivity index (χ4v) is 3.28. The van der Waals surface area contributed by atoms with Crippen molar-refractivity contribution in [2.75, 3.05) is 26.2 Å². The highest BCUT2D eigenvalue weighted by molar-refractivity contribution is 9.10. The van der Waals surface area contributed by atoms with Crippen LogP contribution in [0.2, 0.25) is 0 Å². The maximum absolute atomic E-state index is 3.54. The molecule has 110 valence electrons. The highest BCUT2D eigenvalue weighted by Crippen LogP contribution is 2.29. The molecule has 1 saturated heterocycles. The highest BCUT2D eigenvalue weighted by Gasteiger charge is 2.22. The normalized spacial score (nSPS) is 18.1. The van der Waals surface area contributed by atoms with Crippen molar-refractivity contribution in [3.8, 4) is 0 Å². The van der Waals surface area contributed by atoms with Gasteiger partial charge < -0.3 is 5.32 Å². The summed E-state index contributed by atoms with van der Waals surface area (Å²) in [5, 5.41) is 3.49. The van der Waals surface area contributed by atoms with E-state index in [4.69, 9.17) is 0 Å². The molecule has 2 aromatic rings. The van der Waals surface area contributed by atoms with Crippen LogP contribution >= 0.6 is 15.9 Å². The van der Waals surface area contributed by atoms with Crippen LogP contribution in [0, 0.1) is 0 Å². The van der Waals surface area contributed by atoms with Crippen LogP contribution in [0.3, 0.4) is 0 Å². The Bertz CT molecular complexity index is 545. The lowest BCUT2D eigenvalue weighted by atomic mass is 9.97. The first-order chi connectivity index (χ1) is 10.3. The fourth-order valence-electron chi connectivity index (χ4n) is 3.02. The lowest BCUT2D eigenvalue weighted by Crippen LogP contribution is -2.33. The van der Waals surface area contributed by atoms with E-state index in [1.807, 2.05) is 0 Å². The lowest BCUT2D eigenvalue weighted by Gasteiger charge is -2.31. The molecule has 2 nitrogen and oxygen atoms in total. The minimum atomic E-state index is 0.346. The van der Waals surface area contributed by atoms with Crippen LogP contribution in [0.4, 0.5) is 0 Å². The number of rotatable bonds is 3. The summed E-state index contributed by atoms with van der Waals surface area (Å²) in [6, 6.07) is 19.9. The van der Waals surface area contributed by atoms with Crippen LogP contribution in [0.25, 0.3) is 0 Å². The predicted octanol–water partition coefficient (Wildman–Crippen LogP) is 3.83. The highest BCUT2D eigenvalue weighted by atomic mass is 79.9. The molecular weight excluding hydrogens is 324 g/mol. The Kier molecular flexibility index (Phi) is 5.07. The molecule has 3 heteroatoms. The zero-order valence-corrected chi connectivity index (χ0v) is 13.7. The summed E-state index contributed by atoms with van der Waals surface area (Å²) in [7, 11) is 0. The molecule has 1 heterocycles. The van der Waals surface area contributed by atoms with E-state index in [0.717, 1.165) is 30.7 Å². The number of nitrogens with one attached hydrogen (secondary N) is 1. The largest absolute Gasteiger partial charge is 0.315 e. The third-order valence-electron chi connectivity index (χ3n) is 4.04. The van der Waals surface area contributed by atoms with Crippen molar-refractivity contribution >= 4 is 15.9 Å². The maximum atomic E-state index is 3.54. The first kappa shape index (κ1) is 14.8. The zero-order chi connectivity index (χ0) is 14.5. The minimum Gasteiger partial charge on any atom is -0.315 e.